The van der Waals surface area contributed by atoms with Crippen molar-refractivity contribution in [1.82, 2.24) is 29.5 Å². The van der Waals surface area contributed by atoms with E-state index in [1.807, 2.05) is 30.3 Å². The summed E-state index contributed by atoms with van der Waals surface area (Å²) in [4.78, 5) is 20.4. The van der Waals surface area contributed by atoms with Gasteiger partial charge in [0.15, 0.2) is 5.82 Å². The summed E-state index contributed by atoms with van der Waals surface area (Å²) in [6.45, 7) is 0.644. The molecule has 0 unspecified atom stereocenters. The van der Waals surface area contributed by atoms with Gasteiger partial charge in [-0.05, 0) is 17.7 Å². The van der Waals surface area contributed by atoms with Gasteiger partial charge >= 0.3 is 0 Å². The number of hydrogen-bond acceptors (Lipinski definition) is 5. The fraction of sp³-hybridized carbons (Fsp3) is 0.0556. The van der Waals surface area contributed by atoms with Gasteiger partial charge in [0.1, 0.15) is 12.7 Å². The van der Waals surface area contributed by atoms with Gasteiger partial charge in [-0.25, -0.2) is 14.6 Å². The lowest BCUT2D eigenvalue weighted by molar-refractivity contribution is 0.102. The van der Waals surface area contributed by atoms with Crippen molar-refractivity contribution in [3.05, 3.63) is 84.8 Å². The number of carbonyl (C=O) groups excluding carboxylic acids is 1. The van der Waals surface area contributed by atoms with Gasteiger partial charge < -0.3 is 5.32 Å². The molecule has 4 aromatic rings. The summed E-state index contributed by atoms with van der Waals surface area (Å²) >= 11 is 0. The largest absolute Gasteiger partial charge is 0.319 e. The van der Waals surface area contributed by atoms with Crippen molar-refractivity contribution in [3.8, 4) is 5.82 Å². The van der Waals surface area contributed by atoms with Crippen LogP contribution in [0.3, 0.4) is 0 Å². The van der Waals surface area contributed by atoms with E-state index < -0.39 is 0 Å². The lowest BCUT2D eigenvalue weighted by atomic mass is 10.2. The first-order valence-electron chi connectivity index (χ1n) is 7.97. The molecule has 4 rings (SSSR count). The number of amides is 1. The molecule has 0 fully saturated rings. The maximum absolute atomic E-state index is 12.4. The van der Waals surface area contributed by atoms with Crippen LogP contribution in [0.5, 0.6) is 0 Å². The summed E-state index contributed by atoms with van der Waals surface area (Å²) < 4.78 is 3.30. The van der Waals surface area contributed by atoms with Gasteiger partial charge in [0.25, 0.3) is 5.91 Å². The molecular formula is C18H15N7O. The summed E-state index contributed by atoms with van der Waals surface area (Å²) in [6, 6.07) is 13.4. The number of rotatable bonds is 5. The first-order valence-corrected chi connectivity index (χ1v) is 7.97. The highest BCUT2D eigenvalue weighted by Gasteiger charge is 2.09. The zero-order valence-corrected chi connectivity index (χ0v) is 13.7. The maximum atomic E-state index is 12.4. The molecule has 0 spiro atoms. The van der Waals surface area contributed by atoms with Crippen LogP contribution in [0.4, 0.5) is 5.69 Å². The summed E-state index contributed by atoms with van der Waals surface area (Å²) in [5.41, 5.74) is 2.22. The Labute approximate surface area is 149 Å². The lowest BCUT2D eigenvalue weighted by Crippen LogP contribution is -2.12. The predicted molar refractivity (Wildman–Crippen MR) is 94.9 cm³/mol. The Kier molecular flexibility index (Phi) is 4.21. The number of anilines is 1. The van der Waals surface area contributed by atoms with E-state index in [4.69, 9.17) is 0 Å². The minimum atomic E-state index is -0.248. The maximum Gasteiger partial charge on any atom is 0.257 e. The van der Waals surface area contributed by atoms with E-state index in [1.165, 1.54) is 17.2 Å². The van der Waals surface area contributed by atoms with Crippen LogP contribution in [0.1, 0.15) is 15.9 Å². The van der Waals surface area contributed by atoms with Crippen LogP contribution < -0.4 is 5.32 Å². The average Bonchev–Trinajstić information content (AvgIpc) is 3.35. The Morgan fingerprint density at radius 1 is 1.04 bits per heavy atom. The first-order chi connectivity index (χ1) is 12.8. The van der Waals surface area contributed by atoms with Gasteiger partial charge in [0.2, 0.25) is 0 Å². The number of benzene rings is 1. The van der Waals surface area contributed by atoms with E-state index in [0.717, 1.165) is 5.56 Å². The Balaban J connectivity index is 1.42. The third-order valence-electron chi connectivity index (χ3n) is 3.74. The molecular weight excluding hydrogens is 330 g/mol. The Hall–Kier alpha value is -3.81. The zero-order chi connectivity index (χ0) is 17.8. The van der Waals surface area contributed by atoms with Crippen LogP contribution in [0, 0.1) is 0 Å². The molecule has 0 aliphatic heterocycles. The predicted octanol–water partition coefficient (Wildman–Crippen LogP) is 2.16. The summed E-state index contributed by atoms with van der Waals surface area (Å²) in [5, 5.41) is 11.1. The van der Waals surface area contributed by atoms with Gasteiger partial charge in [0, 0.05) is 12.4 Å². The van der Waals surface area contributed by atoms with Gasteiger partial charge in [-0.3, -0.25) is 9.48 Å². The normalized spacial score (nSPS) is 10.6. The molecule has 0 radical (unpaired) electrons. The van der Waals surface area contributed by atoms with E-state index in [2.05, 4.69) is 25.5 Å². The minimum Gasteiger partial charge on any atom is -0.319 e. The van der Waals surface area contributed by atoms with Crippen molar-refractivity contribution in [2.75, 3.05) is 5.32 Å². The van der Waals surface area contributed by atoms with Crippen LogP contribution in [-0.4, -0.2) is 35.4 Å². The van der Waals surface area contributed by atoms with Gasteiger partial charge in [-0.2, -0.15) is 10.2 Å². The second-order valence-corrected chi connectivity index (χ2v) is 5.61. The number of nitrogens with zero attached hydrogens (tertiary/aromatic N) is 6. The van der Waals surface area contributed by atoms with Gasteiger partial charge in [0.05, 0.1) is 24.0 Å². The molecule has 0 saturated carbocycles. The SMILES string of the molecule is O=C(Nc1cnn(Cc2ccccc2)c1)c1ccc(-n2cncn2)nc1. The Bertz CT molecular complexity index is 992. The molecule has 128 valence electrons. The number of carbonyl (C=O) groups is 1. The van der Waals surface area contributed by atoms with Crippen molar-refractivity contribution >= 4 is 11.6 Å². The highest BCUT2D eigenvalue weighted by atomic mass is 16.1. The fourth-order valence-electron chi connectivity index (χ4n) is 2.47. The van der Waals surface area contributed by atoms with Crippen LogP contribution >= 0.6 is 0 Å². The second-order valence-electron chi connectivity index (χ2n) is 5.61. The molecule has 1 amide bonds. The molecule has 8 heteroatoms. The Morgan fingerprint density at radius 2 is 1.92 bits per heavy atom. The Morgan fingerprint density at radius 3 is 2.65 bits per heavy atom. The number of hydrogen-bond donors (Lipinski definition) is 1. The van der Waals surface area contributed by atoms with Crippen LogP contribution in [0.15, 0.2) is 73.7 Å². The highest BCUT2D eigenvalue weighted by molar-refractivity contribution is 6.03. The molecule has 8 nitrogen and oxygen atoms in total. The number of aromatic nitrogens is 6. The van der Waals surface area contributed by atoms with Crippen molar-refractivity contribution in [2.45, 2.75) is 6.54 Å². The average molecular weight is 345 g/mol. The quantitative estimate of drug-likeness (QED) is 0.598. The fourth-order valence-corrected chi connectivity index (χ4v) is 2.47. The molecule has 1 aromatic carbocycles. The lowest BCUT2D eigenvalue weighted by Gasteiger charge is -2.04. The third-order valence-corrected chi connectivity index (χ3v) is 3.74. The van der Waals surface area contributed by atoms with Crippen LogP contribution in [0.25, 0.3) is 5.82 Å². The first kappa shape index (κ1) is 15.7. The van der Waals surface area contributed by atoms with Crippen LogP contribution in [0.2, 0.25) is 0 Å². The van der Waals surface area contributed by atoms with Gasteiger partial charge in [-0.1, -0.05) is 30.3 Å². The van der Waals surface area contributed by atoms with Crippen molar-refractivity contribution in [1.29, 1.82) is 0 Å². The van der Waals surface area contributed by atoms with E-state index in [1.54, 1.807) is 35.5 Å². The summed E-state index contributed by atoms with van der Waals surface area (Å²) in [7, 11) is 0. The molecule has 3 heterocycles. The molecule has 0 aliphatic rings. The molecule has 3 aromatic heterocycles. The smallest absolute Gasteiger partial charge is 0.257 e. The van der Waals surface area contributed by atoms with E-state index >= 15 is 0 Å². The van der Waals surface area contributed by atoms with Crippen molar-refractivity contribution in [3.63, 3.8) is 0 Å². The molecule has 0 saturated heterocycles. The summed E-state index contributed by atoms with van der Waals surface area (Å²) in [5.74, 6) is 0.344. The molecule has 26 heavy (non-hydrogen) atoms. The van der Waals surface area contributed by atoms with E-state index in [0.29, 0.717) is 23.6 Å². The number of nitrogens with one attached hydrogen (secondary N) is 1. The standard InChI is InChI=1S/C18H15N7O/c26-18(15-6-7-17(20-8-15)25-13-19-12-22-25)23-16-9-21-24(11-16)10-14-4-2-1-3-5-14/h1-9,11-13H,10H2,(H,23,26). The van der Waals surface area contributed by atoms with Gasteiger partial charge in [-0.15, -0.1) is 0 Å². The van der Waals surface area contributed by atoms with Crippen molar-refractivity contribution < 1.29 is 4.79 Å². The summed E-state index contributed by atoms with van der Waals surface area (Å²) in [6.07, 6.45) is 7.89. The highest BCUT2D eigenvalue weighted by Crippen LogP contribution is 2.11. The van der Waals surface area contributed by atoms with E-state index in [-0.39, 0.29) is 5.91 Å². The monoisotopic (exact) mass is 345 g/mol. The second kappa shape index (κ2) is 6.98. The number of pyridine rings is 1. The third kappa shape index (κ3) is 3.48. The molecule has 1 N–H and O–H groups in total. The van der Waals surface area contributed by atoms with Crippen molar-refractivity contribution in [2.24, 2.45) is 0 Å². The molecule has 0 bridgehead atoms. The zero-order valence-electron chi connectivity index (χ0n) is 13.7. The molecule has 0 atom stereocenters. The molecule has 0 aliphatic carbocycles. The topological polar surface area (TPSA) is 90.5 Å². The van der Waals surface area contributed by atoms with Crippen LogP contribution in [-0.2, 0) is 6.54 Å². The van der Waals surface area contributed by atoms with E-state index in [9.17, 15) is 4.79 Å². The minimum absolute atomic E-state index is 0.248.